The van der Waals surface area contributed by atoms with Crippen LogP contribution in [-0.2, 0) is 4.12 Å². The number of hydrogen-bond acceptors (Lipinski definition) is 1. The summed E-state index contributed by atoms with van der Waals surface area (Å²) in [5, 5.41) is 0.938. The summed E-state index contributed by atoms with van der Waals surface area (Å²) in [4.78, 5) is 0. The van der Waals surface area contributed by atoms with E-state index in [9.17, 15) is 0 Å². The lowest BCUT2D eigenvalue weighted by Gasteiger charge is -2.57. The molecule has 39 heavy (non-hydrogen) atoms. The van der Waals surface area contributed by atoms with Crippen molar-refractivity contribution in [2.24, 2.45) is 0 Å². The zero-order valence-electron chi connectivity index (χ0n) is 29.4. The van der Waals surface area contributed by atoms with Crippen LogP contribution in [0.5, 0.6) is 0 Å². The maximum absolute atomic E-state index is 8.42. The van der Waals surface area contributed by atoms with Crippen LogP contribution in [-0.4, -0.2) is 16.6 Å². The Bertz CT molecular complexity index is 473. The molecule has 0 aromatic rings. The lowest BCUT2D eigenvalue weighted by Crippen LogP contribution is -2.60. The smallest absolute Gasteiger partial charge is 0.182 e. The average molecular weight is 583 g/mol. The van der Waals surface area contributed by atoms with Crippen LogP contribution in [0.2, 0.25) is 35.3 Å². The molecular weight excluding hydrogens is 505 g/mol. The monoisotopic (exact) mass is 583 g/mol. The molecule has 0 saturated carbocycles. The molecular formula is C36H78OSi2. The van der Waals surface area contributed by atoms with Gasteiger partial charge in [-0.2, -0.15) is 0 Å². The van der Waals surface area contributed by atoms with Crippen molar-refractivity contribution >= 4 is 16.6 Å². The summed E-state index contributed by atoms with van der Waals surface area (Å²) < 4.78 is 8.42. The highest BCUT2D eigenvalue weighted by Gasteiger charge is 2.57. The van der Waals surface area contributed by atoms with Crippen molar-refractivity contribution in [3.05, 3.63) is 0 Å². The molecule has 0 aromatic carbocycles. The van der Waals surface area contributed by atoms with Crippen molar-refractivity contribution < 1.29 is 4.12 Å². The van der Waals surface area contributed by atoms with Gasteiger partial charge in [0.05, 0.1) is 0 Å². The lowest BCUT2D eigenvalue weighted by atomic mass is 9.89. The second-order valence-electron chi connectivity index (χ2n) is 14.0. The van der Waals surface area contributed by atoms with Gasteiger partial charge in [-0.1, -0.05) is 158 Å². The Hall–Kier alpha value is 0.394. The van der Waals surface area contributed by atoms with E-state index in [1.54, 1.807) is 0 Å². The Morgan fingerprint density at radius 3 is 0.744 bits per heavy atom. The first-order chi connectivity index (χ1) is 18.7. The van der Waals surface area contributed by atoms with E-state index >= 15 is 0 Å². The Morgan fingerprint density at radius 2 is 0.564 bits per heavy atom. The minimum atomic E-state index is -2.01. The molecule has 0 fully saturated rings. The van der Waals surface area contributed by atoms with E-state index in [0.717, 1.165) is 0 Å². The SMILES string of the molecule is CCCCC(CCCC)(CCCC)[Si](C)(CCCC)O[Si](C)(CCCC)C(CCCC)(CCCC)CCCC. The number of rotatable bonds is 28. The first-order valence-corrected chi connectivity index (χ1v) is 23.6. The summed E-state index contributed by atoms with van der Waals surface area (Å²) in [5.74, 6) is 0. The van der Waals surface area contributed by atoms with E-state index in [-0.39, 0.29) is 0 Å². The third kappa shape index (κ3) is 12.3. The fourth-order valence-electron chi connectivity index (χ4n) is 7.80. The van der Waals surface area contributed by atoms with Gasteiger partial charge in [0.2, 0.25) is 0 Å². The molecule has 2 unspecified atom stereocenters. The van der Waals surface area contributed by atoms with Gasteiger partial charge < -0.3 is 4.12 Å². The minimum Gasteiger partial charge on any atom is -0.454 e. The topological polar surface area (TPSA) is 9.23 Å². The van der Waals surface area contributed by atoms with Gasteiger partial charge in [-0.05, 0) is 73.8 Å². The zero-order chi connectivity index (χ0) is 29.7. The highest BCUT2D eigenvalue weighted by Crippen LogP contribution is 2.60. The third-order valence-electron chi connectivity index (χ3n) is 10.8. The van der Waals surface area contributed by atoms with Crippen LogP contribution in [0, 0.1) is 0 Å². The summed E-state index contributed by atoms with van der Waals surface area (Å²) in [5.41, 5.74) is 0. The summed E-state index contributed by atoms with van der Waals surface area (Å²) >= 11 is 0. The Balaban J connectivity index is 7.14. The van der Waals surface area contributed by atoms with Gasteiger partial charge >= 0.3 is 0 Å². The second kappa shape index (κ2) is 22.0. The molecule has 0 bridgehead atoms. The number of hydrogen-bond donors (Lipinski definition) is 0. The van der Waals surface area contributed by atoms with Crippen molar-refractivity contribution in [1.29, 1.82) is 0 Å². The first kappa shape index (κ1) is 39.4. The minimum absolute atomic E-state index is 0.469. The predicted octanol–water partition coefficient (Wildman–Crippen LogP) is 14.4. The molecule has 0 spiro atoms. The van der Waals surface area contributed by atoms with Gasteiger partial charge in [0.25, 0.3) is 0 Å². The normalized spacial score (nSPS) is 15.8. The van der Waals surface area contributed by atoms with E-state index in [4.69, 9.17) is 4.12 Å². The summed E-state index contributed by atoms with van der Waals surface area (Å²) in [6.45, 7) is 24.9. The summed E-state index contributed by atoms with van der Waals surface area (Å²) in [6.07, 6.45) is 30.3. The Morgan fingerprint density at radius 1 is 0.359 bits per heavy atom. The molecule has 0 aliphatic carbocycles. The third-order valence-corrected chi connectivity index (χ3v) is 23.0. The molecule has 0 amide bonds. The summed E-state index contributed by atoms with van der Waals surface area (Å²) in [6, 6.07) is 2.81. The van der Waals surface area contributed by atoms with Crippen molar-refractivity contribution in [3.63, 3.8) is 0 Å². The Labute approximate surface area is 252 Å². The lowest BCUT2D eigenvalue weighted by molar-refractivity contribution is 0.298. The quantitative estimate of drug-likeness (QED) is 0.0833. The van der Waals surface area contributed by atoms with Gasteiger partial charge in [-0.15, -0.1) is 0 Å². The molecule has 3 heteroatoms. The van der Waals surface area contributed by atoms with Crippen molar-refractivity contribution in [2.75, 3.05) is 0 Å². The molecule has 0 aliphatic heterocycles. The standard InChI is InChI=1S/C36H78OSi2/c1-11-19-27-35(28-20-12-2,29-21-13-3)38(9,33-25-17-7)37-39(10,34-26-18-8)36(30-22-14-4,31-23-15-5)32-24-16-6/h11-34H2,1-10H3. The molecule has 0 rings (SSSR count). The van der Waals surface area contributed by atoms with Crippen LogP contribution in [0.15, 0.2) is 0 Å². The van der Waals surface area contributed by atoms with Gasteiger partial charge in [0, 0.05) is 0 Å². The maximum Gasteiger partial charge on any atom is 0.182 e. The first-order valence-electron chi connectivity index (χ1n) is 18.4. The van der Waals surface area contributed by atoms with E-state index in [2.05, 4.69) is 68.5 Å². The molecule has 0 saturated heterocycles. The van der Waals surface area contributed by atoms with Crippen molar-refractivity contribution in [1.82, 2.24) is 0 Å². The molecule has 0 aromatic heterocycles. The van der Waals surface area contributed by atoms with E-state index in [0.29, 0.717) is 10.1 Å². The second-order valence-corrected chi connectivity index (χ2v) is 22.8. The largest absolute Gasteiger partial charge is 0.454 e. The zero-order valence-corrected chi connectivity index (χ0v) is 31.4. The van der Waals surface area contributed by atoms with Crippen molar-refractivity contribution in [3.8, 4) is 0 Å². The maximum atomic E-state index is 8.42. The molecule has 2 atom stereocenters. The predicted molar refractivity (Wildman–Crippen MR) is 186 cm³/mol. The van der Waals surface area contributed by atoms with Crippen LogP contribution in [0.4, 0.5) is 0 Å². The molecule has 0 heterocycles. The van der Waals surface area contributed by atoms with Gasteiger partial charge in [-0.3, -0.25) is 0 Å². The Kier molecular flexibility index (Phi) is 22.2. The molecule has 236 valence electrons. The summed E-state index contributed by atoms with van der Waals surface area (Å²) in [7, 11) is -4.03. The van der Waals surface area contributed by atoms with Crippen LogP contribution >= 0.6 is 0 Å². The van der Waals surface area contributed by atoms with Gasteiger partial charge in [-0.25, -0.2) is 0 Å². The van der Waals surface area contributed by atoms with Crippen LogP contribution in [0.25, 0.3) is 0 Å². The fourth-order valence-corrected chi connectivity index (χ4v) is 21.7. The van der Waals surface area contributed by atoms with E-state index in [1.165, 1.54) is 153 Å². The molecule has 0 aliphatic rings. The fraction of sp³-hybridized carbons (Fsp3) is 1.00. The van der Waals surface area contributed by atoms with E-state index < -0.39 is 16.6 Å². The van der Waals surface area contributed by atoms with Crippen molar-refractivity contribution in [2.45, 2.75) is 232 Å². The van der Waals surface area contributed by atoms with Gasteiger partial charge in [0.15, 0.2) is 16.6 Å². The number of unbranched alkanes of at least 4 members (excludes halogenated alkanes) is 8. The van der Waals surface area contributed by atoms with E-state index in [1.807, 2.05) is 0 Å². The molecule has 0 N–H and O–H groups in total. The highest BCUT2D eigenvalue weighted by molar-refractivity contribution is 6.89. The molecule has 0 radical (unpaired) electrons. The van der Waals surface area contributed by atoms with Crippen LogP contribution < -0.4 is 0 Å². The van der Waals surface area contributed by atoms with Crippen LogP contribution in [0.1, 0.15) is 197 Å². The van der Waals surface area contributed by atoms with Gasteiger partial charge in [0.1, 0.15) is 0 Å². The van der Waals surface area contributed by atoms with Crippen LogP contribution in [0.3, 0.4) is 0 Å². The average Bonchev–Trinajstić information content (AvgIpc) is 2.94. The molecule has 1 nitrogen and oxygen atoms in total. The highest BCUT2D eigenvalue weighted by atomic mass is 28.4.